The molecule has 0 saturated carbocycles. The first-order valence-corrected chi connectivity index (χ1v) is 4.41. The minimum Gasteiger partial charge on any atom is -0.497 e. The lowest BCUT2D eigenvalue weighted by molar-refractivity contribution is -0.132. The number of carbonyl (C=O) groups excluding carboxylic acids is 1. The molecule has 15 heavy (non-hydrogen) atoms. The number of benzene rings is 1. The van der Waals surface area contributed by atoms with E-state index in [0.29, 0.717) is 5.75 Å². The van der Waals surface area contributed by atoms with Gasteiger partial charge in [-0.3, -0.25) is 9.80 Å². The molecule has 0 aliphatic heterocycles. The van der Waals surface area contributed by atoms with Crippen molar-refractivity contribution in [1.82, 2.24) is 5.01 Å². The van der Waals surface area contributed by atoms with Crippen LogP contribution in [0.25, 0.3) is 0 Å². The molecule has 1 rings (SSSR count). The maximum absolute atomic E-state index is 11.1. The Balaban J connectivity index is 2.47. The van der Waals surface area contributed by atoms with E-state index < -0.39 is 0 Å². The Bertz CT molecular complexity index is 322. The van der Waals surface area contributed by atoms with E-state index in [1.54, 1.807) is 31.4 Å². The monoisotopic (exact) mass is 210 g/mol. The first-order chi connectivity index (χ1) is 7.13. The zero-order valence-electron chi connectivity index (χ0n) is 8.77. The summed E-state index contributed by atoms with van der Waals surface area (Å²) in [6.45, 7) is -0.0701. The zero-order chi connectivity index (χ0) is 11.3. The number of nitrogens with zero attached hydrogens (tertiary/aromatic N) is 1. The van der Waals surface area contributed by atoms with Crippen molar-refractivity contribution in [3.8, 4) is 11.5 Å². The number of hydrazine groups is 1. The molecule has 5 nitrogen and oxygen atoms in total. The van der Waals surface area contributed by atoms with E-state index in [4.69, 9.17) is 15.3 Å². The van der Waals surface area contributed by atoms with Crippen molar-refractivity contribution in [1.29, 1.82) is 0 Å². The Morgan fingerprint density at radius 1 is 1.33 bits per heavy atom. The van der Waals surface area contributed by atoms with Crippen molar-refractivity contribution in [3.63, 3.8) is 0 Å². The molecule has 0 heterocycles. The van der Waals surface area contributed by atoms with Gasteiger partial charge in [0, 0.05) is 7.05 Å². The van der Waals surface area contributed by atoms with E-state index in [0.717, 1.165) is 10.8 Å². The summed E-state index contributed by atoms with van der Waals surface area (Å²) in [7, 11) is 3.06. The predicted octanol–water partition coefficient (Wildman–Crippen LogP) is 0.406. The lowest BCUT2D eigenvalue weighted by Crippen LogP contribution is -2.36. The third kappa shape index (κ3) is 3.47. The van der Waals surface area contributed by atoms with Gasteiger partial charge in [0.2, 0.25) is 0 Å². The normalized spacial score (nSPS) is 9.53. The molecule has 2 N–H and O–H groups in total. The Morgan fingerprint density at radius 3 is 2.33 bits per heavy atom. The molecular weight excluding hydrogens is 196 g/mol. The Labute approximate surface area is 88.3 Å². The highest BCUT2D eigenvalue weighted by atomic mass is 16.5. The van der Waals surface area contributed by atoms with Crippen molar-refractivity contribution >= 4 is 5.91 Å². The van der Waals surface area contributed by atoms with Crippen molar-refractivity contribution in [2.75, 3.05) is 20.8 Å². The molecule has 0 saturated heterocycles. The Hall–Kier alpha value is -1.75. The van der Waals surface area contributed by atoms with E-state index in [-0.39, 0.29) is 12.5 Å². The standard InChI is InChI=1S/C10H14N2O3/c1-12(11)10(13)7-15-9-5-3-8(14-2)4-6-9/h3-6H,7,11H2,1-2H3. The predicted molar refractivity (Wildman–Crippen MR) is 55.4 cm³/mol. The van der Waals surface area contributed by atoms with Crippen LogP contribution in [0, 0.1) is 0 Å². The maximum atomic E-state index is 11.1. The Kier molecular flexibility index (Phi) is 3.93. The molecule has 1 aromatic carbocycles. The molecule has 5 heteroatoms. The van der Waals surface area contributed by atoms with Crippen molar-refractivity contribution in [3.05, 3.63) is 24.3 Å². The summed E-state index contributed by atoms with van der Waals surface area (Å²) in [4.78, 5) is 11.1. The molecule has 0 fully saturated rings. The fraction of sp³-hybridized carbons (Fsp3) is 0.300. The number of amides is 1. The number of hydrogen-bond acceptors (Lipinski definition) is 4. The molecule has 1 amide bonds. The molecule has 0 unspecified atom stereocenters. The average Bonchev–Trinajstić information content (AvgIpc) is 2.26. The minimum absolute atomic E-state index is 0.0701. The van der Waals surface area contributed by atoms with E-state index >= 15 is 0 Å². The van der Waals surface area contributed by atoms with Gasteiger partial charge in [-0.15, -0.1) is 0 Å². The van der Waals surface area contributed by atoms with Crippen LogP contribution in [0.2, 0.25) is 0 Å². The van der Waals surface area contributed by atoms with Crippen LogP contribution in [0.1, 0.15) is 0 Å². The van der Waals surface area contributed by atoms with Crippen molar-refractivity contribution in [2.24, 2.45) is 5.84 Å². The molecule has 0 spiro atoms. The highest BCUT2D eigenvalue weighted by Crippen LogP contribution is 2.16. The molecule has 0 aliphatic rings. The molecule has 1 aromatic rings. The quantitative estimate of drug-likeness (QED) is 0.444. The van der Waals surface area contributed by atoms with Crippen LogP contribution in [0.4, 0.5) is 0 Å². The summed E-state index contributed by atoms with van der Waals surface area (Å²) in [6.07, 6.45) is 0. The van der Waals surface area contributed by atoms with Gasteiger partial charge < -0.3 is 9.47 Å². The second-order valence-electron chi connectivity index (χ2n) is 2.97. The number of ether oxygens (including phenoxy) is 2. The number of methoxy groups -OCH3 is 1. The molecule has 0 atom stereocenters. The zero-order valence-corrected chi connectivity index (χ0v) is 8.77. The second kappa shape index (κ2) is 5.21. The van der Waals surface area contributed by atoms with E-state index in [1.807, 2.05) is 0 Å². The molecule has 82 valence electrons. The van der Waals surface area contributed by atoms with Gasteiger partial charge in [0.1, 0.15) is 11.5 Å². The van der Waals surface area contributed by atoms with Crippen LogP contribution < -0.4 is 15.3 Å². The number of carbonyl (C=O) groups is 1. The lowest BCUT2D eigenvalue weighted by Gasteiger charge is -2.11. The van der Waals surface area contributed by atoms with Crippen LogP contribution in [-0.2, 0) is 4.79 Å². The van der Waals surface area contributed by atoms with Gasteiger partial charge >= 0.3 is 0 Å². The smallest absolute Gasteiger partial charge is 0.274 e. The Morgan fingerprint density at radius 2 is 1.87 bits per heavy atom. The fourth-order valence-corrected chi connectivity index (χ4v) is 0.919. The van der Waals surface area contributed by atoms with E-state index in [1.165, 1.54) is 7.05 Å². The third-order valence-electron chi connectivity index (χ3n) is 1.82. The summed E-state index contributed by atoms with van der Waals surface area (Å²) >= 11 is 0. The van der Waals surface area contributed by atoms with E-state index in [2.05, 4.69) is 0 Å². The van der Waals surface area contributed by atoms with Gasteiger partial charge in [0.05, 0.1) is 7.11 Å². The van der Waals surface area contributed by atoms with Gasteiger partial charge in [-0.2, -0.15) is 0 Å². The van der Waals surface area contributed by atoms with Crippen molar-refractivity contribution < 1.29 is 14.3 Å². The summed E-state index contributed by atoms with van der Waals surface area (Å²) in [5.41, 5.74) is 0. The van der Waals surface area contributed by atoms with Crippen LogP contribution in [0.15, 0.2) is 24.3 Å². The first-order valence-electron chi connectivity index (χ1n) is 4.41. The average molecular weight is 210 g/mol. The highest BCUT2D eigenvalue weighted by Gasteiger charge is 2.05. The SMILES string of the molecule is COc1ccc(OCC(=O)N(C)N)cc1. The maximum Gasteiger partial charge on any atom is 0.274 e. The molecule has 0 aliphatic carbocycles. The highest BCUT2D eigenvalue weighted by molar-refractivity contribution is 5.76. The van der Waals surface area contributed by atoms with Gasteiger partial charge in [-0.1, -0.05) is 0 Å². The minimum atomic E-state index is -0.286. The molecule has 0 aromatic heterocycles. The van der Waals surface area contributed by atoms with Crippen LogP contribution in [-0.4, -0.2) is 31.7 Å². The lowest BCUT2D eigenvalue weighted by atomic mass is 10.3. The number of likely N-dealkylation sites (N-methyl/N-ethyl adjacent to an activating group) is 1. The van der Waals surface area contributed by atoms with Crippen LogP contribution in [0.3, 0.4) is 0 Å². The van der Waals surface area contributed by atoms with E-state index in [9.17, 15) is 4.79 Å². The van der Waals surface area contributed by atoms with Gasteiger partial charge in [0.15, 0.2) is 6.61 Å². The largest absolute Gasteiger partial charge is 0.497 e. The summed E-state index contributed by atoms with van der Waals surface area (Å²) in [6, 6.07) is 6.96. The molecule has 0 bridgehead atoms. The van der Waals surface area contributed by atoms with Crippen molar-refractivity contribution in [2.45, 2.75) is 0 Å². The van der Waals surface area contributed by atoms with Gasteiger partial charge in [0.25, 0.3) is 5.91 Å². The molecular formula is C10H14N2O3. The van der Waals surface area contributed by atoms with Crippen LogP contribution >= 0.6 is 0 Å². The topological polar surface area (TPSA) is 64.8 Å². The molecule has 0 radical (unpaired) electrons. The number of rotatable bonds is 4. The number of hydrogen-bond donors (Lipinski definition) is 1. The van der Waals surface area contributed by atoms with Gasteiger partial charge in [-0.25, -0.2) is 5.84 Å². The fourth-order valence-electron chi connectivity index (χ4n) is 0.919. The summed E-state index contributed by atoms with van der Waals surface area (Å²) in [5.74, 6) is 6.29. The third-order valence-corrected chi connectivity index (χ3v) is 1.82. The summed E-state index contributed by atoms with van der Waals surface area (Å²) < 4.78 is 10.2. The number of nitrogens with two attached hydrogens (primary N) is 1. The first kappa shape index (κ1) is 11.3. The summed E-state index contributed by atoms with van der Waals surface area (Å²) in [5, 5.41) is 0.990. The van der Waals surface area contributed by atoms with Crippen LogP contribution in [0.5, 0.6) is 11.5 Å². The second-order valence-corrected chi connectivity index (χ2v) is 2.97. The van der Waals surface area contributed by atoms with Gasteiger partial charge in [-0.05, 0) is 24.3 Å².